The van der Waals surface area contributed by atoms with Gasteiger partial charge < -0.3 is 19.5 Å². The Bertz CT molecular complexity index is 1160. The fourth-order valence-corrected chi connectivity index (χ4v) is 3.66. The third-order valence-corrected chi connectivity index (χ3v) is 5.07. The number of rotatable bonds is 2. The highest BCUT2D eigenvalue weighted by Gasteiger charge is 2.22. The van der Waals surface area contributed by atoms with Crippen LogP contribution in [0.15, 0.2) is 41.2 Å². The fraction of sp³-hybridized carbons (Fsp3) is 0.238. The summed E-state index contributed by atoms with van der Waals surface area (Å²) in [6.07, 6.45) is 0. The molecule has 3 aromatic rings. The van der Waals surface area contributed by atoms with Crippen LogP contribution in [0.3, 0.4) is 0 Å². The molecule has 0 unspecified atom stereocenters. The average molecular weight is 360 g/mol. The second kappa shape index (κ2) is 6.36. The van der Waals surface area contributed by atoms with Crippen LogP contribution in [0.25, 0.3) is 10.9 Å². The SMILES string of the molecule is COc1cc(N2CCNc3ccc(C#N)cc32)c2cc(C)c(=O)n(C)c2c1. The Labute approximate surface area is 157 Å². The van der Waals surface area contributed by atoms with Gasteiger partial charge in [0.05, 0.1) is 41.3 Å². The van der Waals surface area contributed by atoms with Gasteiger partial charge in [0, 0.05) is 43.2 Å². The van der Waals surface area contributed by atoms with Gasteiger partial charge in [-0.1, -0.05) is 0 Å². The van der Waals surface area contributed by atoms with Gasteiger partial charge in [0.1, 0.15) is 5.75 Å². The van der Waals surface area contributed by atoms with Crippen LogP contribution >= 0.6 is 0 Å². The Hall–Kier alpha value is -3.46. The number of pyridine rings is 1. The molecule has 1 aromatic heterocycles. The molecule has 1 aliphatic heterocycles. The molecule has 136 valence electrons. The molecule has 0 radical (unpaired) electrons. The predicted octanol–water partition coefficient (Wildman–Crippen LogP) is 3.29. The van der Waals surface area contributed by atoms with Crippen molar-refractivity contribution in [2.75, 3.05) is 30.4 Å². The molecule has 6 nitrogen and oxygen atoms in total. The second-order valence-electron chi connectivity index (χ2n) is 6.69. The van der Waals surface area contributed by atoms with Crippen LogP contribution in [0.2, 0.25) is 0 Å². The molecule has 0 fully saturated rings. The summed E-state index contributed by atoms with van der Waals surface area (Å²) < 4.78 is 7.16. The number of anilines is 3. The molecule has 27 heavy (non-hydrogen) atoms. The zero-order valence-corrected chi connectivity index (χ0v) is 15.5. The minimum atomic E-state index is -0.0193. The summed E-state index contributed by atoms with van der Waals surface area (Å²) in [5.74, 6) is 0.688. The molecule has 0 aliphatic carbocycles. The highest BCUT2D eigenvalue weighted by Crippen LogP contribution is 2.40. The normalized spacial score (nSPS) is 13.0. The highest BCUT2D eigenvalue weighted by atomic mass is 16.5. The van der Waals surface area contributed by atoms with E-state index < -0.39 is 0 Å². The number of hydrogen-bond donors (Lipinski definition) is 1. The Balaban J connectivity index is 2.03. The number of nitriles is 1. The molecule has 0 saturated carbocycles. The third-order valence-electron chi connectivity index (χ3n) is 5.07. The lowest BCUT2D eigenvalue weighted by Gasteiger charge is -2.33. The number of aromatic nitrogens is 1. The van der Waals surface area contributed by atoms with Crippen molar-refractivity contribution >= 4 is 28.0 Å². The van der Waals surface area contributed by atoms with E-state index in [-0.39, 0.29) is 5.56 Å². The molecule has 2 aromatic carbocycles. The van der Waals surface area contributed by atoms with Crippen LogP contribution in [-0.2, 0) is 7.05 Å². The maximum absolute atomic E-state index is 12.4. The largest absolute Gasteiger partial charge is 0.497 e. The molecular weight excluding hydrogens is 340 g/mol. The van der Waals surface area contributed by atoms with Gasteiger partial charge in [0.25, 0.3) is 5.56 Å². The average Bonchev–Trinajstić information content (AvgIpc) is 2.70. The van der Waals surface area contributed by atoms with Crippen molar-refractivity contribution < 1.29 is 4.74 Å². The zero-order chi connectivity index (χ0) is 19.1. The molecular formula is C21H20N4O2. The van der Waals surface area contributed by atoms with E-state index in [1.165, 1.54) is 0 Å². The number of aryl methyl sites for hydroxylation is 2. The first-order valence-corrected chi connectivity index (χ1v) is 8.77. The molecule has 0 amide bonds. The standard InChI is InChI=1S/C21H20N4O2/c1-13-8-16-18(24(2)21(13)26)10-15(27-3)11-19(16)25-7-6-23-17-5-4-14(12-22)9-20(17)25/h4-5,8-11,23H,6-7H2,1-3H3. The summed E-state index contributed by atoms with van der Waals surface area (Å²) in [6.45, 7) is 3.35. The first-order valence-electron chi connectivity index (χ1n) is 8.77. The van der Waals surface area contributed by atoms with Crippen molar-refractivity contribution in [2.24, 2.45) is 7.05 Å². The van der Waals surface area contributed by atoms with E-state index in [0.717, 1.165) is 41.1 Å². The van der Waals surface area contributed by atoms with Gasteiger partial charge in [-0.2, -0.15) is 5.26 Å². The molecule has 0 bridgehead atoms. The van der Waals surface area contributed by atoms with Crippen LogP contribution in [0.4, 0.5) is 17.1 Å². The lowest BCUT2D eigenvalue weighted by atomic mass is 10.1. The number of benzene rings is 2. The first-order chi connectivity index (χ1) is 13.0. The van der Waals surface area contributed by atoms with Crippen molar-refractivity contribution in [3.05, 3.63) is 57.9 Å². The van der Waals surface area contributed by atoms with Crippen molar-refractivity contribution in [1.29, 1.82) is 5.26 Å². The van der Waals surface area contributed by atoms with Crippen LogP contribution in [-0.4, -0.2) is 24.8 Å². The minimum Gasteiger partial charge on any atom is -0.497 e. The summed E-state index contributed by atoms with van der Waals surface area (Å²) in [5.41, 5.74) is 4.99. The van der Waals surface area contributed by atoms with Gasteiger partial charge in [-0.05, 0) is 31.2 Å². The maximum atomic E-state index is 12.4. The Morgan fingerprint density at radius 3 is 2.74 bits per heavy atom. The number of fused-ring (bicyclic) bond motifs is 2. The van der Waals surface area contributed by atoms with Crippen molar-refractivity contribution in [3.63, 3.8) is 0 Å². The van der Waals surface area contributed by atoms with Crippen molar-refractivity contribution in [2.45, 2.75) is 6.92 Å². The second-order valence-corrected chi connectivity index (χ2v) is 6.69. The highest BCUT2D eigenvalue weighted by molar-refractivity contribution is 5.97. The Kier molecular flexibility index (Phi) is 4.00. The van der Waals surface area contributed by atoms with Gasteiger partial charge >= 0.3 is 0 Å². The number of ether oxygens (including phenoxy) is 1. The van der Waals surface area contributed by atoms with E-state index in [1.54, 1.807) is 18.7 Å². The molecule has 6 heteroatoms. The quantitative estimate of drug-likeness (QED) is 0.759. The van der Waals surface area contributed by atoms with Gasteiger partial charge in [-0.15, -0.1) is 0 Å². The Morgan fingerprint density at radius 2 is 2.00 bits per heavy atom. The molecule has 0 atom stereocenters. The molecule has 1 N–H and O–H groups in total. The van der Waals surface area contributed by atoms with Gasteiger partial charge in [-0.25, -0.2) is 0 Å². The molecule has 0 saturated heterocycles. The Morgan fingerprint density at radius 1 is 1.19 bits per heavy atom. The maximum Gasteiger partial charge on any atom is 0.253 e. The van der Waals surface area contributed by atoms with Gasteiger partial charge in [0.2, 0.25) is 0 Å². The summed E-state index contributed by atoms with van der Waals surface area (Å²) in [7, 11) is 3.40. The van der Waals surface area contributed by atoms with E-state index in [2.05, 4.69) is 16.3 Å². The monoisotopic (exact) mass is 360 g/mol. The molecule has 2 heterocycles. The van der Waals surface area contributed by atoms with Crippen molar-refractivity contribution in [1.82, 2.24) is 4.57 Å². The molecule has 4 rings (SSSR count). The predicted molar refractivity (Wildman–Crippen MR) is 107 cm³/mol. The number of hydrogen-bond acceptors (Lipinski definition) is 5. The zero-order valence-electron chi connectivity index (χ0n) is 15.5. The fourth-order valence-electron chi connectivity index (χ4n) is 3.66. The van der Waals surface area contributed by atoms with E-state index in [0.29, 0.717) is 16.9 Å². The number of nitrogens with zero attached hydrogens (tertiary/aromatic N) is 3. The van der Waals surface area contributed by atoms with E-state index in [4.69, 9.17) is 4.74 Å². The van der Waals surface area contributed by atoms with Crippen LogP contribution in [0.1, 0.15) is 11.1 Å². The smallest absolute Gasteiger partial charge is 0.253 e. The molecule has 0 spiro atoms. The third kappa shape index (κ3) is 2.68. The van der Waals surface area contributed by atoms with Crippen LogP contribution < -0.4 is 20.5 Å². The van der Waals surface area contributed by atoms with E-state index in [9.17, 15) is 10.1 Å². The van der Waals surface area contributed by atoms with Gasteiger partial charge in [0.15, 0.2) is 0 Å². The minimum absolute atomic E-state index is 0.0193. The topological polar surface area (TPSA) is 70.3 Å². The molecule has 1 aliphatic rings. The lowest BCUT2D eigenvalue weighted by molar-refractivity contribution is 0.415. The number of methoxy groups -OCH3 is 1. The summed E-state index contributed by atoms with van der Waals surface area (Å²) in [4.78, 5) is 14.6. The van der Waals surface area contributed by atoms with Gasteiger partial charge in [-0.3, -0.25) is 4.79 Å². The van der Waals surface area contributed by atoms with Crippen molar-refractivity contribution in [3.8, 4) is 11.8 Å². The summed E-state index contributed by atoms with van der Waals surface area (Å²) >= 11 is 0. The van der Waals surface area contributed by atoms with E-state index >= 15 is 0 Å². The summed E-state index contributed by atoms with van der Waals surface area (Å²) in [6, 6.07) is 13.6. The van der Waals surface area contributed by atoms with E-state index in [1.807, 2.05) is 43.3 Å². The van der Waals surface area contributed by atoms with Crippen LogP contribution in [0, 0.1) is 18.3 Å². The lowest BCUT2D eigenvalue weighted by Crippen LogP contribution is -2.30. The van der Waals surface area contributed by atoms with Crippen LogP contribution in [0.5, 0.6) is 5.75 Å². The number of nitrogens with one attached hydrogen (secondary N) is 1. The first kappa shape index (κ1) is 17.0. The summed E-state index contributed by atoms with van der Waals surface area (Å²) in [5, 5.41) is 13.7.